The van der Waals surface area contributed by atoms with Crippen LogP contribution < -0.4 is 5.32 Å². The molecule has 0 saturated carbocycles. The molecule has 132 valence electrons. The third-order valence-corrected chi connectivity index (χ3v) is 5.02. The van der Waals surface area contributed by atoms with Crippen LogP contribution >= 0.6 is 11.8 Å². The van der Waals surface area contributed by atoms with Crippen LogP contribution in [0.25, 0.3) is 11.5 Å². The number of nitriles is 1. The van der Waals surface area contributed by atoms with Crippen molar-refractivity contribution in [2.24, 2.45) is 5.92 Å². The lowest BCUT2D eigenvalue weighted by molar-refractivity contribution is -0.121. The minimum absolute atomic E-state index is 0.00465. The predicted molar refractivity (Wildman–Crippen MR) is 96.8 cm³/mol. The van der Waals surface area contributed by atoms with Crippen molar-refractivity contribution in [3.63, 3.8) is 0 Å². The fourth-order valence-electron chi connectivity index (χ4n) is 2.02. The molecule has 7 heteroatoms. The lowest BCUT2D eigenvalue weighted by Gasteiger charge is -2.28. The second kappa shape index (κ2) is 7.70. The number of carbonyl (C=O) groups is 1. The van der Waals surface area contributed by atoms with Gasteiger partial charge in [0.25, 0.3) is 5.22 Å². The molecule has 0 aliphatic heterocycles. The van der Waals surface area contributed by atoms with Crippen LogP contribution in [0.1, 0.15) is 33.3 Å². The van der Waals surface area contributed by atoms with Gasteiger partial charge < -0.3 is 9.73 Å². The Kier molecular flexibility index (Phi) is 5.85. The number of benzene rings is 1. The summed E-state index contributed by atoms with van der Waals surface area (Å²) in [7, 11) is 0. The predicted octanol–water partition coefficient (Wildman–Crippen LogP) is 3.58. The molecule has 0 unspecified atom stereocenters. The SMILES string of the molecule is Cc1cccc(-c2nnc(S[C@@H](C)C(=O)N[C@@](C)(C#N)C(C)C)o2)c1. The molecule has 1 aromatic heterocycles. The molecule has 2 atom stereocenters. The highest BCUT2D eigenvalue weighted by molar-refractivity contribution is 8.00. The summed E-state index contributed by atoms with van der Waals surface area (Å²) in [5.74, 6) is 0.177. The van der Waals surface area contributed by atoms with Gasteiger partial charge in [0.1, 0.15) is 5.54 Å². The van der Waals surface area contributed by atoms with E-state index in [-0.39, 0.29) is 11.8 Å². The van der Waals surface area contributed by atoms with Gasteiger partial charge in [-0.25, -0.2) is 0 Å². The Morgan fingerprint density at radius 3 is 2.68 bits per heavy atom. The molecular weight excluding hydrogens is 336 g/mol. The van der Waals surface area contributed by atoms with Crippen molar-refractivity contribution < 1.29 is 9.21 Å². The number of hydrogen-bond acceptors (Lipinski definition) is 6. The topological polar surface area (TPSA) is 91.8 Å². The van der Waals surface area contributed by atoms with Crippen molar-refractivity contribution in [2.75, 3.05) is 0 Å². The fraction of sp³-hybridized carbons (Fsp3) is 0.444. The van der Waals surface area contributed by atoms with Crippen LogP contribution in [0.15, 0.2) is 33.9 Å². The Balaban J connectivity index is 2.05. The van der Waals surface area contributed by atoms with Gasteiger partial charge in [-0.3, -0.25) is 4.79 Å². The summed E-state index contributed by atoms with van der Waals surface area (Å²) >= 11 is 1.17. The zero-order chi connectivity index (χ0) is 18.6. The molecule has 2 aromatic rings. The van der Waals surface area contributed by atoms with Gasteiger partial charge >= 0.3 is 0 Å². The van der Waals surface area contributed by atoms with E-state index in [1.54, 1.807) is 13.8 Å². The average molecular weight is 358 g/mol. The average Bonchev–Trinajstić information content (AvgIpc) is 3.03. The van der Waals surface area contributed by atoms with E-state index in [9.17, 15) is 10.1 Å². The van der Waals surface area contributed by atoms with Crippen LogP contribution in [0.2, 0.25) is 0 Å². The Morgan fingerprint density at radius 2 is 2.08 bits per heavy atom. The van der Waals surface area contributed by atoms with Gasteiger partial charge in [0.15, 0.2) is 0 Å². The molecule has 0 fully saturated rings. The molecule has 1 aromatic carbocycles. The van der Waals surface area contributed by atoms with E-state index in [0.717, 1.165) is 11.1 Å². The molecule has 0 aliphatic carbocycles. The standard InChI is InChI=1S/C18H22N4O2S/c1-11(2)18(5,10-19)20-15(23)13(4)25-17-22-21-16(24-17)14-8-6-7-12(3)9-14/h6-9,11,13H,1-5H3,(H,20,23)/t13-,18-/m0/s1. The highest BCUT2D eigenvalue weighted by atomic mass is 32.2. The summed E-state index contributed by atoms with van der Waals surface area (Å²) in [5.41, 5.74) is 1.03. The van der Waals surface area contributed by atoms with Crippen LogP contribution in [0, 0.1) is 24.2 Å². The number of thioether (sulfide) groups is 1. The van der Waals surface area contributed by atoms with Gasteiger partial charge in [-0.15, -0.1) is 10.2 Å². The molecule has 1 heterocycles. The highest BCUT2D eigenvalue weighted by Gasteiger charge is 2.32. The van der Waals surface area contributed by atoms with Gasteiger partial charge in [0, 0.05) is 5.56 Å². The molecule has 0 saturated heterocycles. The van der Waals surface area contributed by atoms with E-state index in [0.29, 0.717) is 11.1 Å². The Morgan fingerprint density at radius 1 is 1.36 bits per heavy atom. The van der Waals surface area contributed by atoms with Crippen LogP contribution in [0.5, 0.6) is 0 Å². The highest BCUT2D eigenvalue weighted by Crippen LogP contribution is 2.27. The van der Waals surface area contributed by atoms with E-state index in [4.69, 9.17) is 4.42 Å². The zero-order valence-electron chi connectivity index (χ0n) is 15.0. The quantitative estimate of drug-likeness (QED) is 0.794. The van der Waals surface area contributed by atoms with Crippen molar-refractivity contribution in [2.45, 2.75) is 50.6 Å². The molecule has 1 amide bonds. The second-order valence-electron chi connectivity index (χ2n) is 6.46. The minimum Gasteiger partial charge on any atom is -0.411 e. The van der Waals surface area contributed by atoms with Gasteiger partial charge in [0.05, 0.1) is 11.3 Å². The van der Waals surface area contributed by atoms with Crippen LogP contribution in [0.3, 0.4) is 0 Å². The third-order valence-electron chi connectivity index (χ3n) is 4.09. The molecular formula is C18H22N4O2S. The first-order chi connectivity index (χ1) is 11.7. The maximum absolute atomic E-state index is 12.4. The first kappa shape index (κ1) is 19.0. The molecule has 6 nitrogen and oxygen atoms in total. The van der Waals surface area contributed by atoms with E-state index >= 15 is 0 Å². The maximum atomic E-state index is 12.4. The van der Waals surface area contributed by atoms with E-state index in [2.05, 4.69) is 21.6 Å². The molecule has 1 N–H and O–H groups in total. The fourth-order valence-corrected chi connectivity index (χ4v) is 2.70. The molecule has 0 spiro atoms. The number of rotatable bonds is 6. The van der Waals surface area contributed by atoms with Gasteiger partial charge in [0.2, 0.25) is 11.8 Å². The lowest BCUT2D eigenvalue weighted by Crippen LogP contribution is -2.51. The third kappa shape index (κ3) is 4.60. The summed E-state index contributed by atoms with van der Waals surface area (Å²) in [6, 6.07) is 9.93. The Hall–Kier alpha value is -2.33. The van der Waals surface area contributed by atoms with Crippen molar-refractivity contribution in [3.8, 4) is 17.5 Å². The first-order valence-corrected chi connectivity index (χ1v) is 8.93. The monoisotopic (exact) mass is 358 g/mol. The number of nitrogens with one attached hydrogen (secondary N) is 1. The number of hydrogen-bond donors (Lipinski definition) is 1. The van der Waals surface area contributed by atoms with Gasteiger partial charge in [-0.1, -0.05) is 43.3 Å². The number of aryl methyl sites for hydroxylation is 1. The number of aromatic nitrogens is 2. The number of nitrogens with zero attached hydrogens (tertiary/aromatic N) is 3. The molecule has 2 rings (SSSR count). The van der Waals surface area contributed by atoms with E-state index < -0.39 is 10.8 Å². The van der Waals surface area contributed by atoms with Crippen molar-refractivity contribution in [3.05, 3.63) is 29.8 Å². The molecule has 25 heavy (non-hydrogen) atoms. The van der Waals surface area contributed by atoms with Crippen LogP contribution in [0.4, 0.5) is 0 Å². The van der Waals surface area contributed by atoms with Crippen LogP contribution in [-0.4, -0.2) is 26.9 Å². The second-order valence-corrected chi connectivity index (χ2v) is 7.75. The number of carbonyl (C=O) groups excluding carboxylic acids is 1. The first-order valence-electron chi connectivity index (χ1n) is 8.05. The largest absolute Gasteiger partial charge is 0.411 e. The summed E-state index contributed by atoms with van der Waals surface area (Å²) in [4.78, 5) is 12.4. The lowest BCUT2D eigenvalue weighted by atomic mass is 9.90. The number of amides is 1. The smallest absolute Gasteiger partial charge is 0.277 e. The van der Waals surface area contributed by atoms with E-state index in [1.165, 1.54) is 11.8 Å². The normalized spacial score (nSPS) is 14.6. The van der Waals surface area contributed by atoms with E-state index in [1.807, 2.05) is 45.0 Å². The molecule has 0 aliphatic rings. The summed E-state index contributed by atoms with van der Waals surface area (Å²) < 4.78 is 5.65. The van der Waals surface area contributed by atoms with Crippen LogP contribution in [-0.2, 0) is 4.79 Å². The Labute approximate surface area is 152 Å². The van der Waals surface area contributed by atoms with Crippen molar-refractivity contribution in [1.82, 2.24) is 15.5 Å². The summed E-state index contributed by atoms with van der Waals surface area (Å²) in [6.45, 7) is 9.24. The van der Waals surface area contributed by atoms with Gasteiger partial charge in [-0.2, -0.15) is 5.26 Å². The molecule has 0 bridgehead atoms. The summed E-state index contributed by atoms with van der Waals surface area (Å²) in [5, 5.41) is 20.0. The summed E-state index contributed by atoms with van der Waals surface area (Å²) in [6.07, 6.45) is 0. The van der Waals surface area contributed by atoms with Crippen molar-refractivity contribution in [1.29, 1.82) is 5.26 Å². The van der Waals surface area contributed by atoms with Crippen molar-refractivity contribution >= 4 is 17.7 Å². The van der Waals surface area contributed by atoms with Gasteiger partial charge in [-0.05, 0) is 38.8 Å². The molecule has 0 radical (unpaired) electrons. The Bertz CT molecular complexity index is 796. The minimum atomic E-state index is -0.909. The zero-order valence-corrected chi connectivity index (χ0v) is 15.8. The maximum Gasteiger partial charge on any atom is 0.277 e.